The van der Waals surface area contributed by atoms with Crippen LogP contribution in [0.25, 0.3) is 0 Å². The number of hydrogen-bond acceptors (Lipinski definition) is 4. The molecule has 0 spiro atoms. The summed E-state index contributed by atoms with van der Waals surface area (Å²) < 4.78 is 16.3. The lowest BCUT2D eigenvalue weighted by Crippen LogP contribution is -2.38. The summed E-state index contributed by atoms with van der Waals surface area (Å²) in [4.78, 5) is 0. The Bertz CT molecular complexity index is 442. The highest BCUT2D eigenvalue weighted by atomic mass is 16.5. The van der Waals surface area contributed by atoms with E-state index in [9.17, 15) is 0 Å². The van der Waals surface area contributed by atoms with Crippen LogP contribution in [0.3, 0.4) is 0 Å². The summed E-state index contributed by atoms with van der Waals surface area (Å²) in [6, 6.07) is 6.39. The predicted octanol–water partition coefficient (Wildman–Crippen LogP) is 2.19. The Morgan fingerprint density at radius 1 is 1.33 bits per heavy atom. The normalized spacial score (nSPS) is 21.7. The van der Waals surface area contributed by atoms with Gasteiger partial charge in [-0.15, -0.1) is 0 Å². The molecule has 0 saturated carbocycles. The first kappa shape index (κ1) is 16.3. The zero-order valence-corrected chi connectivity index (χ0v) is 13.4. The second-order valence-electron chi connectivity index (χ2n) is 5.96. The van der Waals surface area contributed by atoms with E-state index >= 15 is 0 Å². The van der Waals surface area contributed by atoms with Crippen molar-refractivity contribution in [3.8, 4) is 5.75 Å². The Morgan fingerprint density at radius 3 is 2.86 bits per heavy atom. The van der Waals surface area contributed by atoms with E-state index in [1.807, 2.05) is 0 Å². The van der Waals surface area contributed by atoms with Crippen LogP contribution in [0, 0.1) is 12.3 Å². The van der Waals surface area contributed by atoms with E-state index in [1.165, 1.54) is 11.1 Å². The Kier molecular flexibility index (Phi) is 6.03. The number of ether oxygens (including phenoxy) is 3. The molecule has 0 radical (unpaired) electrons. The molecule has 2 rings (SSSR count). The molecule has 1 aliphatic heterocycles. The van der Waals surface area contributed by atoms with Crippen LogP contribution in [0.5, 0.6) is 5.75 Å². The molecule has 1 aliphatic rings. The second-order valence-corrected chi connectivity index (χ2v) is 5.96. The van der Waals surface area contributed by atoms with E-state index in [2.05, 4.69) is 30.4 Å². The Hall–Kier alpha value is -1.10. The van der Waals surface area contributed by atoms with Crippen molar-refractivity contribution in [2.45, 2.75) is 19.8 Å². The molecule has 1 unspecified atom stereocenters. The molecule has 118 valence electrons. The Morgan fingerprint density at radius 2 is 2.19 bits per heavy atom. The molecule has 0 aromatic heterocycles. The molecule has 21 heavy (non-hydrogen) atoms. The largest absolute Gasteiger partial charge is 0.496 e. The Balaban J connectivity index is 2.07. The summed E-state index contributed by atoms with van der Waals surface area (Å²) >= 11 is 0. The van der Waals surface area contributed by atoms with Gasteiger partial charge in [0.25, 0.3) is 0 Å². The van der Waals surface area contributed by atoms with E-state index in [0.29, 0.717) is 0 Å². The molecule has 1 atom stereocenters. The molecule has 0 amide bonds. The van der Waals surface area contributed by atoms with Gasteiger partial charge in [0.05, 0.1) is 20.3 Å². The summed E-state index contributed by atoms with van der Waals surface area (Å²) in [6.45, 7) is 6.35. The average Bonchev–Trinajstić information content (AvgIpc) is 2.93. The van der Waals surface area contributed by atoms with Crippen molar-refractivity contribution in [3.63, 3.8) is 0 Å². The minimum atomic E-state index is 0.162. The van der Waals surface area contributed by atoms with Gasteiger partial charge in [0, 0.05) is 32.2 Å². The highest BCUT2D eigenvalue weighted by molar-refractivity contribution is 5.37. The van der Waals surface area contributed by atoms with Crippen molar-refractivity contribution in [2.24, 2.45) is 5.41 Å². The van der Waals surface area contributed by atoms with Gasteiger partial charge in [-0.05, 0) is 31.4 Å². The van der Waals surface area contributed by atoms with E-state index < -0.39 is 0 Å². The molecule has 1 heterocycles. The lowest BCUT2D eigenvalue weighted by Gasteiger charge is -2.29. The van der Waals surface area contributed by atoms with Crippen molar-refractivity contribution in [3.05, 3.63) is 29.3 Å². The van der Waals surface area contributed by atoms with Crippen LogP contribution in [0.15, 0.2) is 18.2 Å². The van der Waals surface area contributed by atoms with E-state index in [1.54, 1.807) is 14.2 Å². The van der Waals surface area contributed by atoms with Crippen LogP contribution in [-0.4, -0.2) is 47.1 Å². The monoisotopic (exact) mass is 293 g/mol. The van der Waals surface area contributed by atoms with Crippen LogP contribution in [0.2, 0.25) is 0 Å². The van der Waals surface area contributed by atoms with Crippen molar-refractivity contribution >= 4 is 0 Å². The van der Waals surface area contributed by atoms with Gasteiger partial charge >= 0.3 is 0 Å². The molecule has 1 N–H and O–H groups in total. The number of benzene rings is 1. The third kappa shape index (κ3) is 4.43. The quantitative estimate of drug-likeness (QED) is 0.746. The van der Waals surface area contributed by atoms with Crippen LogP contribution < -0.4 is 10.1 Å². The fourth-order valence-electron chi connectivity index (χ4n) is 2.97. The zero-order chi connectivity index (χ0) is 15.1. The van der Waals surface area contributed by atoms with Gasteiger partial charge in [-0.1, -0.05) is 17.7 Å². The van der Waals surface area contributed by atoms with Crippen molar-refractivity contribution in [2.75, 3.05) is 47.1 Å². The molecule has 1 fully saturated rings. The first-order chi connectivity index (χ1) is 10.2. The van der Waals surface area contributed by atoms with E-state index in [-0.39, 0.29) is 5.41 Å². The van der Waals surface area contributed by atoms with Crippen LogP contribution in [0.1, 0.15) is 17.5 Å². The van der Waals surface area contributed by atoms with Gasteiger partial charge in [0.15, 0.2) is 0 Å². The van der Waals surface area contributed by atoms with Crippen molar-refractivity contribution in [1.29, 1.82) is 0 Å². The van der Waals surface area contributed by atoms with E-state index in [0.717, 1.165) is 51.5 Å². The molecule has 4 nitrogen and oxygen atoms in total. The third-order valence-electron chi connectivity index (χ3n) is 4.17. The number of nitrogens with one attached hydrogen (secondary N) is 1. The highest BCUT2D eigenvalue weighted by Gasteiger charge is 2.35. The first-order valence-corrected chi connectivity index (χ1v) is 7.60. The summed E-state index contributed by atoms with van der Waals surface area (Å²) in [5, 5.41) is 3.50. The predicted molar refractivity (Wildman–Crippen MR) is 84.0 cm³/mol. The minimum Gasteiger partial charge on any atom is -0.496 e. The summed E-state index contributed by atoms with van der Waals surface area (Å²) in [5.41, 5.74) is 2.71. The summed E-state index contributed by atoms with van der Waals surface area (Å²) in [6.07, 6.45) is 2.07. The maximum absolute atomic E-state index is 5.68. The van der Waals surface area contributed by atoms with E-state index in [4.69, 9.17) is 14.2 Å². The van der Waals surface area contributed by atoms with Crippen LogP contribution >= 0.6 is 0 Å². The molecule has 0 bridgehead atoms. The van der Waals surface area contributed by atoms with Crippen molar-refractivity contribution < 1.29 is 14.2 Å². The van der Waals surface area contributed by atoms with Gasteiger partial charge in [0.2, 0.25) is 0 Å². The SMILES string of the molecule is COCCNCC1(Cc2cc(C)ccc2OC)CCOC1. The third-order valence-corrected chi connectivity index (χ3v) is 4.17. The average molecular weight is 293 g/mol. The lowest BCUT2D eigenvalue weighted by molar-refractivity contribution is 0.144. The second kappa shape index (κ2) is 7.78. The number of aryl methyl sites for hydroxylation is 1. The Labute approximate surface area is 127 Å². The van der Waals surface area contributed by atoms with Gasteiger partial charge in [-0.3, -0.25) is 0 Å². The fourth-order valence-corrected chi connectivity index (χ4v) is 2.97. The van der Waals surface area contributed by atoms with Gasteiger partial charge in [0.1, 0.15) is 5.75 Å². The van der Waals surface area contributed by atoms with Crippen LogP contribution in [0.4, 0.5) is 0 Å². The summed E-state index contributed by atoms with van der Waals surface area (Å²) in [5.74, 6) is 0.976. The molecular formula is C17H27NO3. The number of hydrogen-bond donors (Lipinski definition) is 1. The molecule has 1 aromatic carbocycles. The summed E-state index contributed by atoms with van der Waals surface area (Å²) in [7, 11) is 3.47. The van der Waals surface area contributed by atoms with Crippen molar-refractivity contribution in [1.82, 2.24) is 5.32 Å². The maximum Gasteiger partial charge on any atom is 0.122 e. The topological polar surface area (TPSA) is 39.7 Å². The molecule has 1 aromatic rings. The molecular weight excluding hydrogens is 266 g/mol. The van der Waals surface area contributed by atoms with Gasteiger partial charge in [-0.25, -0.2) is 0 Å². The maximum atomic E-state index is 5.68. The standard InChI is InChI=1S/C17H27NO3/c1-14-4-5-16(20-3)15(10-14)11-17(6-8-21-13-17)12-18-7-9-19-2/h4-5,10,18H,6-9,11-13H2,1-3H3. The molecule has 4 heteroatoms. The molecule has 0 aliphatic carbocycles. The number of rotatable bonds is 8. The van der Waals surface area contributed by atoms with Crippen LogP contribution in [-0.2, 0) is 15.9 Å². The number of methoxy groups -OCH3 is 2. The zero-order valence-electron chi connectivity index (χ0n) is 13.4. The minimum absolute atomic E-state index is 0.162. The highest BCUT2D eigenvalue weighted by Crippen LogP contribution is 2.35. The smallest absolute Gasteiger partial charge is 0.122 e. The molecule has 1 saturated heterocycles. The fraction of sp³-hybridized carbons (Fsp3) is 0.647. The van der Waals surface area contributed by atoms with Gasteiger partial charge < -0.3 is 19.5 Å². The lowest BCUT2D eigenvalue weighted by atomic mass is 9.80. The first-order valence-electron chi connectivity index (χ1n) is 7.60. The van der Waals surface area contributed by atoms with Gasteiger partial charge in [-0.2, -0.15) is 0 Å².